The first-order chi connectivity index (χ1) is 12.6. The van der Waals surface area contributed by atoms with Gasteiger partial charge in [0.1, 0.15) is 11.5 Å². The second kappa shape index (κ2) is 7.97. The summed E-state index contributed by atoms with van der Waals surface area (Å²) in [5.74, 6) is 2.07. The van der Waals surface area contributed by atoms with Crippen molar-refractivity contribution in [3.8, 4) is 23.0 Å². The van der Waals surface area contributed by atoms with Crippen molar-refractivity contribution in [3.63, 3.8) is 0 Å². The summed E-state index contributed by atoms with van der Waals surface area (Å²) in [5.41, 5.74) is 3.89. The van der Waals surface area contributed by atoms with Crippen LogP contribution in [0.15, 0.2) is 35.4 Å². The van der Waals surface area contributed by atoms with Crippen LogP contribution in [-0.2, 0) is 11.2 Å². The fraction of sp³-hybridized carbons (Fsp3) is 0.222. The third-order valence-electron chi connectivity index (χ3n) is 3.70. The smallest absolute Gasteiger partial charge is 0.244 e. The fourth-order valence-electron chi connectivity index (χ4n) is 2.43. The SMILES string of the molecule is COc1cc(OC)c(/C=N\NC(=O)Cc2ccc3c(c2)OCO3)cc1Cl. The molecule has 0 aliphatic carbocycles. The highest BCUT2D eigenvalue weighted by atomic mass is 35.5. The molecule has 0 saturated carbocycles. The van der Waals surface area contributed by atoms with Crippen LogP contribution in [0.3, 0.4) is 0 Å². The van der Waals surface area contributed by atoms with Crippen molar-refractivity contribution in [3.05, 3.63) is 46.5 Å². The first-order valence-corrected chi connectivity index (χ1v) is 8.10. The monoisotopic (exact) mass is 376 g/mol. The maximum absolute atomic E-state index is 12.1. The van der Waals surface area contributed by atoms with E-state index in [1.165, 1.54) is 20.4 Å². The zero-order valence-corrected chi connectivity index (χ0v) is 15.0. The van der Waals surface area contributed by atoms with Gasteiger partial charge in [-0.15, -0.1) is 0 Å². The van der Waals surface area contributed by atoms with Gasteiger partial charge in [-0.05, 0) is 23.8 Å². The average molecular weight is 377 g/mol. The zero-order chi connectivity index (χ0) is 18.5. The van der Waals surface area contributed by atoms with Gasteiger partial charge >= 0.3 is 0 Å². The summed E-state index contributed by atoms with van der Waals surface area (Å²) in [6.07, 6.45) is 1.62. The fourth-order valence-corrected chi connectivity index (χ4v) is 2.68. The minimum Gasteiger partial charge on any atom is -0.496 e. The van der Waals surface area contributed by atoms with Crippen molar-refractivity contribution in [2.75, 3.05) is 21.0 Å². The molecule has 0 saturated heterocycles. The van der Waals surface area contributed by atoms with E-state index in [1.54, 1.807) is 24.3 Å². The minimum absolute atomic E-state index is 0.161. The molecular formula is C18H17ClN2O5. The molecule has 2 aromatic carbocycles. The molecule has 1 aliphatic heterocycles. The summed E-state index contributed by atoms with van der Waals surface area (Å²) in [4.78, 5) is 12.1. The molecule has 3 rings (SSSR count). The topological polar surface area (TPSA) is 78.4 Å². The van der Waals surface area contributed by atoms with Gasteiger partial charge in [-0.3, -0.25) is 4.79 Å². The number of hydrogen-bond donors (Lipinski definition) is 1. The third kappa shape index (κ3) is 4.00. The van der Waals surface area contributed by atoms with Gasteiger partial charge < -0.3 is 18.9 Å². The number of rotatable bonds is 6. The molecule has 1 N–H and O–H groups in total. The Labute approximate surface area is 155 Å². The number of ether oxygens (including phenoxy) is 4. The van der Waals surface area contributed by atoms with Gasteiger partial charge in [0, 0.05) is 11.6 Å². The van der Waals surface area contributed by atoms with Crippen LogP contribution >= 0.6 is 11.6 Å². The number of carbonyl (C=O) groups is 1. The van der Waals surface area contributed by atoms with Gasteiger partial charge in [0.2, 0.25) is 12.7 Å². The van der Waals surface area contributed by atoms with E-state index < -0.39 is 0 Å². The molecule has 8 heteroatoms. The second-order valence-electron chi connectivity index (χ2n) is 5.39. The summed E-state index contributed by atoms with van der Waals surface area (Å²) in [7, 11) is 3.04. The molecule has 1 aliphatic rings. The number of nitrogens with zero attached hydrogens (tertiary/aromatic N) is 1. The summed E-state index contributed by atoms with van der Waals surface area (Å²) < 4.78 is 20.9. The van der Waals surface area contributed by atoms with Gasteiger partial charge in [-0.2, -0.15) is 5.10 Å². The first-order valence-electron chi connectivity index (χ1n) is 7.72. The summed E-state index contributed by atoms with van der Waals surface area (Å²) in [5, 5.41) is 4.37. The van der Waals surface area contributed by atoms with E-state index in [1.807, 2.05) is 6.07 Å². The number of fused-ring (bicyclic) bond motifs is 1. The lowest BCUT2D eigenvalue weighted by molar-refractivity contribution is -0.120. The van der Waals surface area contributed by atoms with Crippen LogP contribution in [0.5, 0.6) is 23.0 Å². The Kier molecular flexibility index (Phi) is 5.48. The molecule has 7 nitrogen and oxygen atoms in total. The van der Waals surface area contributed by atoms with Crippen molar-refractivity contribution in [1.82, 2.24) is 5.43 Å². The standard InChI is InChI=1S/C18H17ClN2O5/c1-23-15-8-16(24-2)13(19)7-12(15)9-20-21-18(22)6-11-3-4-14-17(5-11)26-10-25-14/h3-5,7-9H,6,10H2,1-2H3,(H,21,22)/b20-9-. The second-order valence-corrected chi connectivity index (χ2v) is 5.79. The number of methoxy groups -OCH3 is 2. The normalized spacial score (nSPS) is 12.3. The van der Waals surface area contributed by atoms with Gasteiger partial charge in [0.15, 0.2) is 11.5 Å². The van der Waals surface area contributed by atoms with Crippen molar-refractivity contribution in [2.24, 2.45) is 5.10 Å². The average Bonchev–Trinajstić information content (AvgIpc) is 3.09. The summed E-state index contributed by atoms with van der Waals surface area (Å²) >= 11 is 6.10. The van der Waals surface area contributed by atoms with Crippen LogP contribution in [0.1, 0.15) is 11.1 Å². The van der Waals surface area contributed by atoms with Crippen molar-refractivity contribution < 1.29 is 23.7 Å². The predicted molar refractivity (Wildman–Crippen MR) is 96.6 cm³/mol. The maximum atomic E-state index is 12.1. The molecule has 1 amide bonds. The van der Waals surface area contributed by atoms with E-state index in [9.17, 15) is 4.79 Å². The number of benzene rings is 2. The van der Waals surface area contributed by atoms with Crippen molar-refractivity contribution in [1.29, 1.82) is 0 Å². The van der Waals surface area contributed by atoms with Crippen LogP contribution < -0.4 is 24.4 Å². The third-order valence-corrected chi connectivity index (χ3v) is 3.99. The summed E-state index contributed by atoms with van der Waals surface area (Å²) in [6.45, 7) is 0.196. The molecule has 0 radical (unpaired) electrons. The quantitative estimate of drug-likeness (QED) is 0.619. The van der Waals surface area contributed by atoms with Gasteiger partial charge in [0.25, 0.3) is 0 Å². The highest BCUT2D eigenvalue weighted by Crippen LogP contribution is 2.33. The van der Waals surface area contributed by atoms with Gasteiger partial charge in [0.05, 0.1) is 31.9 Å². The maximum Gasteiger partial charge on any atom is 0.244 e. The lowest BCUT2D eigenvalue weighted by Crippen LogP contribution is -2.19. The van der Waals surface area contributed by atoms with Crippen LogP contribution in [0, 0.1) is 0 Å². The van der Waals surface area contributed by atoms with Crippen molar-refractivity contribution >= 4 is 23.7 Å². The number of halogens is 1. The minimum atomic E-state index is -0.265. The van der Waals surface area contributed by atoms with Crippen LogP contribution in [0.4, 0.5) is 0 Å². The van der Waals surface area contributed by atoms with Crippen LogP contribution in [0.2, 0.25) is 5.02 Å². The predicted octanol–water partition coefficient (Wildman–Crippen LogP) is 2.78. The van der Waals surface area contributed by atoms with E-state index >= 15 is 0 Å². The lowest BCUT2D eigenvalue weighted by atomic mass is 10.1. The Morgan fingerprint density at radius 2 is 1.96 bits per heavy atom. The molecule has 0 spiro atoms. The molecule has 1 heterocycles. The number of amides is 1. The summed E-state index contributed by atoms with van der Waals surface area (Å²) in [6, 6.07) is 8.66. The van der Waals surface area contributed by atoms with Crippen molar-refractivity contribution in [2.45, 2.75) is 6.42 Å². The van der Waals surface area contributed by atoms with Gasteiger partial charge in [-0.1, -0.05) is 17.7 Å². The molecule has 0 bridgehead atoms. The lowest BCUT2D eigenvalue weighted by Gasteiger charge is -2.09. The van der Waals surface area contributed by atoms with E-state index in [-0.39, 0.29) is 19.1 Å². The Morgan fingerprint density at radius 1 is 1.19 bits per heavy atom. The van der Waals surface area contributed by atoms with Gasteiger partial charge in [-0.25, -0.2) is 5.43 Å². The Hall–Kier alpha value is -2.93. The number of hydrogen-bond acceptors (Lipinski definition) is 6. The molecule has 136 valence electrons. The molecule has 0 aromatic heterocycles. The Morgan fingerprint density at radius 3 is 2.73 bits per heavy atom. The van der Waals surface area contributed by atoms with E-state index in [2.05, 4.69) is 10.5 Å². The van der Waals surface area contributed by atoms with Crippen LogP contribution in [0.25, 0.3) is 0 Å². The zero-order valence-electron chi connectivity index (χ0n) is 14.2. The number of nitrogens with one attached hydrogen (secondary N) is 1. The highest BCUT2D eigenvalue weighted by molar-refractivity contribution is 6.32. The molecular weight excluding hydrogens is 360 g/mol. The number of carbonyl (C=O) groups excluding carboxylic acids is 1. The molecule has 2 aromatic rings. The molecule has 26 heavy (non-hydrogen) atoms. The first kappa shape index (κ1) is 17.9. The van der Waals surface area contributed by atoms with E-state index in [0.29, 0.717) is 33.6 Å². The molecule has 0 fully saturated rings. The Bertz CT molecular complexity index is 854. The highest BCUT2D eigenvalue weighted by Gasteiger charge is 2.14. The molecule has 0 atom stereocenters. The largest absolute Gasteiger partial charge is 0.496 e. The van der Waals surface area contributed by atoms with E-state index in [4.69, 9.17) is 30.5 Å². The van der Waals surface area contributed by atoms with E-state index in [0.717, 1.165) is 5.56 Å². The number of hydrazone groups is 1. The molecule has 0 unspecified atom stereocenters. The van der Waals surface area contributed by atoms with Crippen LogP contribution in [-0.4, -0.2) is 33.1 Å². The Balaban J connectivity index is 1.63.